The molecule has 0 aliphatic heterocycles. The summed E-state index contributed by atoms with van der Waals surface area (Å²) in [5, 5.41) is 3.61. The fourth-order valence-corrected chi connectivity index (χ4v) is 3.48. The molecule has 2 saturated carbocycles. The highest BCUT2D eigenvalue weighted by Gasteiger charge is 2.47. The third-order valence-electron chi connectivity index (χ3n) is 5.58. The maximum Gasteiger partial charge on any atom is 0.326 e. The van der Waals surface area contributed by atoms with Crippen LogP contribution in [0.1, 0.15) is 72.6 Å². The van der Waals surface area contributed by atoms with E-state index in [0.29, 0.717) is 18.1 Å². The van der Waals surface area contributed by atoms with Crippen molar-refractivity contribution in [3.8, 4) is 0 Å². The first-order chi connectivity index (χ1) is 9.43. The van der Waals surface area contributed by atoms with Gasteiger partial charge in [-0.2, -0.15) is 0 Å². The molecule has 2 rings (SSSR count). The van der Waals surface area contributed by atoms with Crippen molar-refractivity contribution in [3.05, 3.63) is 0 Å². The van der Waals surface area contributed by atoms with Crippen molar-refractivity contribution in [1.29, 1.82) is 0 Å². The first-order valence-electron chi connectivity index (χ1n) is 8.38. The van der Waals surface area contributed by atoms with Crippen LogP contribution in [-0.4, -0.2) is 24.2 Å². The van der Waals surface area contributed by atoms with Crippen molar-refractivity contribution in [1.82, 2.24) is 5.32 Å². The van der Waals surface area contributed by atoms with Crippen LogP contribution < -0.4 is 5.32 Å². The maximum atomic E-state index is 12.4. The number of hydrogen-bond donors (Lipinski definition) is 1. The molecule has 116 valence electrons. The van der Waals surface area contributed by atoms with Gasteiger partial charge in [0, 0.05) is 6.04 Å². The number of hydrogen-bond acceptors (Lipinski definition) is 3. The Morgan fingerprint density at radius 1 is 1.20 bits per heavy atom. The van der Waals surface area contributed by atoms with Gasteiger partial charge in [-0.1, -0.05) is 27.2 Å². The average Bonchev–Trinajstić information content (AvgIpc) is 3.23. The molecular weight excluding hydrogens is 250 g/mol. The van der Waals surface area contributed by atoms with Gasteiger partial charge < -0.3 is 4.74 Å². The van der Waals surface area contributed by atoms with E-state index in [1.165, 1.54) is 19.3 Å². The van der Waals surface area contributed by atoms with Crippen LogP contribution in [0.3, 0.4) is 0 Å². The zero-order valence-corrected chi connectivity index (χ0v) is 13.6. The van der Waals surface area contributed by atoms with E-state index in [-0.39, 0.29) is 5.97 Å². The zero-order chi connectivity index (χ0) is 14.8. The van der Waals surface area contributed by atoms with E-state index in [1.807, 2.05) is 6.92 Å². The SMILES string of the molecule is CCOC(=O)C1(NC2CC2)CCC(C(C)(C)CC)CC1. The van der Waals surface area contributed by atoms with Crippen LogP contribution >= 0.6 is 0 Å². The second-order valence-corrected chi connectivity index (χ2v) is 7.34. The molecule has 20 heavy (non-hydrogen) atoms. The molecule has 0 radical (unpaired) electrons. The molecule has 0 heterocycles. The summed E-state index contributed by atoms with van der Waals surface area (Å²) >= 11 is 0. The van der Waals surface area contributed by atoms with Crippen LogP contribution in [0.5, 0.6) is 0 Å². The molecule has 3 heteroatoms. The Balaban J connectivity index is 2.02. The standard InChI is InChI=1S/C17H31NO2/c1-5-16(3,4)13-9-11-17(12-10-13,15(19)20-6-2)18-14-7-8-14/h13-14,18H,5-12H2,1-4H3. The van der Waals surface area contributed by atoms with Crippen molar-refractivity contribution < 1.29 is 9.53 Å². The second-order valence-electron chi connectivity index (χ2n) is 7.34. The quantitative estimate of drug-likeness (QED) is 0.755. The minimum Gasteiger partial charge on any atom is -0.465 e. The number of esters is 1. The molecule has 0 aromatic rings. The van der Waals surface area contributed by atoms with E-state index in [2.05, 4.69) is 26.1 Å². The lowest BCUT2D eigenvalue weighted by Gasteiger charge is -2.44. The molecule has 2 fully saturated rings. The fourth-order valence-electron chi connectivity index (χ4n) is 3.48. The Hall–Kier alpha value is -0.570. The molecule has 0 amide bonds. The largest absolute Gasteiger partial charge is 0.465 e. The van der Waals surface area contributed by atoms with E-state index in [9.17, 15) is 4.79 Å². The highest BCUT2D eigenvalue weighted by atomic mass is 16.5. The molecule has 0 saturated heterocycles. The lowest BCUT2D eigenvalue weighted by atomic mass is 9.65. The van der Waals surface area contributed by atoms with E-state index in [1.54, 1.807) is 0 Å². The second kappa shape index (κ2) is 6.05. The van der Waals surface area contributed by atoms with Gasteiger partial charge in [0.2, 0.25) is 0 Å². The van der Waals surface area contributed by atoms with Gasteiger partial charge in [-0.3, -0.25) is 10.1 Å². The number of nitrogens with one attached hydrogen (secondary N) is 1. The van der Waals surface area contributed by atoms with E-state index >= 15 is 0 Å². The van der Waals surface area contributed by atoms with Crippen molar-refractivity contribution >= 4 is 5.97 Å². The normalized spacial score (nSPS) is 31.1. The molecule has 0 spiro atoms. The molecular formula is C17H31NO2. The minimum absolute atomic E-state index is 0.0142. The molecule has 3 nitrogen and oxygen atoms in total. The van der Waals surface area contributed by atoms with Crippen molar-refractivity contribution in [2.24, 2.45) is 11.3 Å². The summed E-state index contributed by atoms with van der Waals surface area (Å²) in [5.41, 5.74) is -0.00208. The van der Waals surface area contributed by atoms with E-state index < -0.39 is 5.54 Å². The van der Waals surface area contributed by atoms with Crippen LogP contribution in [0.15, 0.2) is 0 Å². The first kappa shape index (κ1) is 15.8. The summed E-state index contributed by atoms with van der Waals surface area (Å²) in [6.07, 6.45) is 7.79. The fraction of sp³-hybridized carbons (Fsp3) is 0.941. The zero-order valence-electron chi connectivity index (χ0n) is 13.6. The van der Waals surface area contributed by atoms with Gasteiger partial charge in [0.05, 0.1) is 6.61 Å². The number of rotatable bonds is 6. The van der Waals surface area contributed by atoms with Crippen LogP contribution in [0.4, 0.5) is 0 Å². The van der Waals surface area contributed by atoms with Gasteiger partial charge in [0.15, 0.2) is 0 Å². The molecule has 2 aliphatic rings. The van der Waals surface area contributed by atoms with Crippen LogP contribution in [0.2, 0.25) is 0 Å². The molecule has 0 aromatic heterocycles. The Kier molecular flexibility index (Phi) is 4.78. The van der Waals surface area contributed by atoms with Crippen LogP contribution in [0.25, 0.3) is 0 Å². The summed E-state index contributed by atoms with van der Waals surface area (Å²) in [4.78, 5) is 12.4. The maximum absolute atomic E-state index is 12.4. The molecule has 0 aromatic carbocycles. The van der Waals surface area contributed by atoms with Gasteiger partial charge in [-0.25, -0.2) is 0 Å². The Morgan fingerprint density at radius 2 is 1.80 bits per heavy atom. The summed E-state index contributed by atoms with van der Waals surface area (Å²) < 4.78 is 5.36. The summed E-state index contributed by atoms with van der Waals surface area (Å²) in [7, 11) is 0. The van der Waals surface area contributed by atoms with Gasteiger partial charge in [-0.05, 0) is 56.8 Å². The van der Waals surface area contributed by atoms with Crippen LogP contribution in [-0.2, 0) is 9.53 Å². The van der Waals surface area contributed by atoms with Gasteiger partial charge >= 0.3 is 5.97 Å². The van der Waals surface area contributed by atoms with Crippen molar-refractivity contribution in [3.63, 3.8) is 0 Å². The highest BCUT2D eigenvalue weighted by molar-refractivity contribution is 5.81. The Bertz CT molecular complexity index is 339. The smallest absolute Gasteiger partial charge is 0.326 e. The molecule has 2 aliphatic carbocycles. The first-order valence-corrected chi connectivity index (χ1v) is 8.38. The predicted octanol–water partition coefficient (Wildman–Crippen LogP) is 3.67. The Morgan fingerprint density at radius 3 is 2.25 bits per heavy atom. The summed E-state index contributed by atoms with van der Waals surface area (Å²) in [6, 6.07) is 0.551. The summed E-state index contributed by atoms with van der Waals surface area (Å²) in [6.45, 7) is 9.38. The van der Waals surface area contributed by atoms with Gasteiger partial charge in [0.25, 0.3) is 0 Å². The van der Waals surface area contributed by atoms with E-state index in [4.69, 9.17) is 4.74 Å². The molecule has 0 unspecified atom stereocenters. The number of ether oxygens (including phenoxy) is 1. The third kappa shape index (κ3) is 3.36. The van der Waals surface area contributed by atoms with Crippen molar-refractivity contribution in [2.75, 3.05) is 6.61 Å². The Labute approximate surface area is 123 Å². The van der Waals surface area contributed by atoms with Gasteiger partial charge in [0.1, 0.15) is 5.54 Å². The summed E-state index contributed by atoms with van der Waals surface area (Å²) in [5.74, 6) is 0.718. The molecule has 0 bridgehead atoms. The predicted molar refractivity (Wildman–Crippen MR) is 81.6 cm³/mol. The average molecular weight is 281 g/mol. The topological polar surface area (TPSA) is 38.3 Å². The molecule has 0 atom stereocenters. The monoisotopic (exact) mass is 281 g/mol. The number of carbonyl (C=O) groups excluding carboxylic acids is 1. The molecule has 1 N–H and O–H groups in total. The van der Waals surface area contributed by atoms with Crippen molar-refractivity contribution in [2.45, 2.75) is 84.2 Å². The van der Waals surface area contributed by atoms with E-state index in [0.717, 1.165) is 31.6 Å². The lowest BCUT2D eigenvalue weighted by molar-refractivity contribution is -0.154. The minimum atomic E-state index is -0.391. The third-order valence-corrected chi connectivity index (χ3v) is 5.58. The number of carbonyl (C=O) groups is 1. The lowest BCUT2D eigenvalue weighted by Crippen LogP contribution is -2.56. The van der Waals surface area contributed by atoms with Gasteiger partial charge in [-0.15, -0.1) is 0 Å². The van der Waals surface area contributed by atoms with Crippen LogP contribution in [0, 0.1) is 11.3 Å². The highest BCUT2D eigenvalue weighted by Crippen LogP contribution is 2.44.